The van der Waals surface area contributed by atoms with Gasteiger partial charge in [-0.25, -0.2) is 4.99 Å². The van der Waals surface area contributed by atoms with Crippen molar-refractivity contribution in [3.05, 3.63) is 65.4 Å². The summed E-state index contributed by atoms with van der Waals surface area (Å²) in [6.45, 7) is 2.51. The third kappa shape index (κ3) is 2.51. The van der Waals surface area contributed by atoms with Crippen LogP contribution >= 0.6 is 11.8 Å². The van der Waals surface area contributed by atoms with Crippen molar-refractivity contribution >= 4 is 28.2 Å². The van der Waals surface area contributed by atoms with Crippen molar-refractivity contribution in [1.29, 1.82) is 0 Å². The van der Waals surface area contributed by atoms with E-state index in [0.29, 0.717) is 6.54 Å². The summed E-state index contributed by atoms with van der Waals surface area (Å²) in [4.78, 5) is 7.91. The molecule has 0 saturated carbocycles. The van der Waals surface area contributed by atoms with Gasteiger partial charge >= 0.3 is 6.18 Å². The van der Waals surface area contributed by atoms with Crippen LogP contribution in [0.25, 0.3) is 5.57 Å². The van der Waals surface area contributed by atoms with Gasteiger partial charge in [-0.15, -0.1) is 0 Å². The lowest BCUT2D eigenvalue weighted by Gasteiger charge is -2.26. The van der Waals surface area contributed by atoms with E-state index in [9.17, 15) is 13.2 Å². The SMILES string of the molecule is CC1=C(c2ccc(C(F)(F)F)cc2)CN2C(=N1)Sc1ccccc12. The summed E-state index contributed by atoms with van der Waals surface area (Å²) in [5.74, 6) is 0. The highest BCUT2D eigenvalue weighted by Crippen LogP contribution is 2.44. The molecule has 122 valence electrons. The Kier molecular flexibility index (Phi) is 3.46. The quantitative estimate of drug-likeness (QED) is 0.685. The van der Waals surface area contributed by atoms with Crippen molar-refractivity contribution in [2.24, 2.45) is 4.99 Å². The Morgan fingerprint density at radius 3 is 2.46 bits per heavy atom. The second-order valence-electron chi connectivity index (χ2n) is 5.69. The lowest BCUT2D eigenvalue weighted by atomic mass is 10.0. The molecule has 0 saturated heterocycles. The molecule has 2 aliphatic rings. The molecule has 24 heavy (non-hydrogen) atoms. The summed E-state index contributed by atoms with van der Waals surface area (Å²) in [5.41, 5.74) is 3.04. The molecule has 0 aromatic heterocycles. The zero-order valence-electron chi connectivity index (χ0n) is 12.8. The van der Waals surface area contributed by atoms with Gasteiger partial charge in [0.05, 0.1) is 17.8 Å². The number of allylic oxidation sites excluding steroid dienone is 1. The van der Waals surface area contributed by atoms with Gasteiger partial charge in [-0.05, 0) is 48.5 Å². The topological polar surface area (TPSA) is 15.6 Å². The summed E-state index contributed by atoms with van der Waals surface area (Å²) >= 11 is 1.62. The number of amidine groups is 1. The second-order valence-corrected chi connectivity index (χ2v) is 6.70. The average Bonchev–Trinajstić information content (AvgIpc) is 2.90. The van der Waals surface area contributed by atoms with E-state index >= 15 is 0 Å². The van der Waals surface area contributed by atoms with Crippen LogP contribution in [0.15, 0.2) is 64.1 Å². The summed E-state index contributed by atoms with van der Waals surface area (Å²) in [6.07, 6.45) is -4.32. The predicted octanol–water partition coefficient (Wildman–Crippen LogP) is 5.42. The number of hydrogen-bond acceptors (Lipinski definition) is 3. The fourth-order valence-corrected chi connectivity index (χ4v) is 3.98. The molecule has 2 nitrogen and oxygen atoms in total. The monoisotopic (exact) mass is 346 g/mol. The molecule has 0 aliphatic carbocycles. The lowest BCUT2D eigenvalue weighted by molar-refractivity contribution is -0.137. The number of thioether (sulfide) groups is 1. The van der Waals surface area contributed by atoms with E-state index in [0.717, 1.165) is 44.7 Å². The first-order chi connectivity index (χ1) is 11.4. The number of anilines is 1. The Labute approximate surface area is 141 Å². The van der Waals surface area contributed by atoms with E-state index in [2.05, 4.69) is 9.89 Å². The first-order valence-electron chi connectivity index (χ1n) is 7.44. The van der Waals surface area contributed by atoms with Crippen LogP contribution in [0.5, 0.6) is 0 Å². The minimum atomic E-state index is -4.32. The van der Waals surface area contributed by atoms with E-state index in [1.807, 2.05) is 31.2 Å². The number of hydrogen-bond donors (Lipinski definition) is 0. The molecule has 0 spiro atoms. The minimum absolute atomic E-state index is 0.611. The second kappa shape index (κ2) is 5.41. The van der Waals surface area contributed by atoms with E-state index in [-0.39, 0.29) is 0 Å². The highest BCUT2D eigenvalue weighted by Gasteiger charge is 2.32. The molecule has 0 fully saturated rings. The molecule has 2 aromatic rings. The van der Waals surface area contributed by atoms with Crippen molar-refractivity contribution < 1.29 is 13.2 Å². The molecule has 2 heterocycles. The highest BCUT2D eigenvalue weighted by molar-refractivity contribution is 8.14. The fourth-order valence-electron chi connectivity index (χ4n) is 2.90. The van der Waals surface area contributed by atoms with Gasteiger partial charge in [0.1, 0.15) is 0 Å². The molecule has 0 atom stereocenters. The Morgan fingerprint density at radius 1 is 1.04 bits per heavy atom. The largest absolute Gasteiger partial charge is 0.416 e. The Hall–Kier alpha value is -2.21. The third-order valence-electron chi connectivity index (χ3n) is 4.17. The van der Waals surface area contributed by atoms with Crippen molar-refractivity contribution in [3.63, 3.8) is 0 Å². The van der Waals surface area contributed by atoms with Crippen LogP contribution in [0.1, 0.15) is 18.1 Å². The van der Waals surface area contributed by atoms with Crippen molar-refractivity contribution in [3.8, 4) is 0 Å². The minimum Gasteiger partial charge on any atom is -0.315 e. The molecule has 0 unspecified atom stereocenters. The zero-order chi connectivity index (χ0) is 16.9. The van der Waals surface area contributed by atoms with Crippen LogP contribution in [0.2, 0.25) is 0 Å². The molecular weight excluding hydrogens is 333 g/mol. The molecule has 0 amide bonds. The van der Waals surface area contributed by atoms with Gasteiger partial charge in [0.25, 0.3) is 0 Å². The molecule has 0 radical (unpaired) electrons. The Balaban J connectivity index is 1.69. The molecule has 4 rings (SSSR count). The van der Waals surface area contributed by atoms with Gasteiger partial charge < -0.3 is 4.90 Å². The third-order valence-corrected chi connectivity index (χ3v) is 5.22. The van der Waals surface area contributed by atoms with Crippen LogP contribution in [-0.4, -0.2) is 11.7 Å². The summed E-state index contributed by atoms with van der Waals surface area (Å²) in [7, 11) is 0. The van der Waals surface area contributed by atoms with Gasteiger partial charge in [-0.3, -0.25) is 0 Å². The van der Waals surface area contributed by atoms with Gasteiger partial charge in [0.2, 0.25) is 0 Å². The molecule has 0 bridgehead atoms. The summed E-state index contributed by atoms with van der Waals surface area (Å²) < 4.78 is 38.2. The van der Waals surface area contributed by atoms with Crippen molar-refractivity contribution in [2.45, 2.75) is 18.0 Å². The maximum atomic E-state index is 12.7. The van der Waals surface area contributed by atoms with E-state index in [1.54, 1.807) is 11.8 Å². The number of fused-ring (bicyclic) bond motifs is 3. The number of nitrogens with zero attached hydrogens (tertiary/aromatic N) is 2. The normalized spacial score (nSPS) is 16.8. The van der Waals surface area contributed by atoms with E-state index in [4.69, 9.17) is 0 Å². The number of benzene rings is 2. The van der Waals surface area contributed by atoms with Crippen LogP contribution in [-0.2, 0) is 6.18 Å². The predicted molar refractivity (Wildman–Crippen MR) is 91.1 cm³/mol. The number of para-hydroxylation sites is 1. The van der Waals surface area contributed by atoms with Crippen LogP contribution in [0.3, 0.4) is 0 Å². The zero-order valence-corrected chi connectivity index (χ0v) is 13.6. The summed E-state index contributed by atoms with van der Waals surface area (Å²) in [5, 5.41) is 0.921. The van der Waals surface area contributed by atoms with E-state index in [1.165, 1.54) is 12.1 Å². The summed E-state index contributed by atoms with van der Waals surface area (Å²) in [6, 6.07) is 13.4. The molecule has 2 aliphatic heterocycles. The van der Waals surface area contributed by atoms with Crippen LogP contribution in [0, 0.1) is 0 Å². The fraction of sp³-hybridized carbons (Fsp3) is 0.167. The van der Waals surface area contributed by atoms with Crippen molar-refractivity contribution in [2.75, 3.05) is 11.4 Å². The smallest absolute Gasteiger partial charge is 0.315 e. The first-order valence-corrected chi connectivity index (χ1v) is 8.25. The van der Waals surface area contributed by atoms with Crippen LogP contribution in [0.4, 0.5) is 18.9 Å². The average molecular weight is 346 g/mol. The van der Waals surface area contributed by atoms with Crippen molar-refractivity contribution in [1.82, 2.24) is 0 Å². The molecular formula is C18H13F3N2S. The maximum Gasteiger partial charge on any atom is 0.416 e. The Morgan fingerprint density at radius 2 is 1.75 bits per heavy atom. The molecule has 0 N–H and O–H groups in total. The lowest BCUT2D eigenvalue weighted by Crippen LogP contribution is -2.30. The number of aliphatic imine (C=N–C) groups is 1. The van der Waals surface area contributed by atoms with Gasteiger partial charge in [-0.1, -0.05) is 24.3 Å². The van der Waals surface area contributed by atoms with Crippen LogP contribution < -0.4 is 4.90 Å². The molecule has 2 aromatic carbocycles. The highest BCUT2D eigenvalue weighted by atomic mass is 32.2. The number of alkyl halides is 3. The van der Waals surface area contributed by atoms with E-state index < -0.39 is 11.7 Å². The molecule has 6 heteroatoms. The van der Waals surface area contributed by atoms with Gasteiger partial charge in [0, 0.05) is 16.2 Å². The Bertz CT molecular complexity index is 867. The van der Waals surface area contributed by atoms with Gasteiger partial charge in [0.15, 0.2) is 5.17 Å². The number of rotatable bonds is 1. The maximum absolute atomic E-state index is 12.7. The van der Waals surface area contributed by atoms with Gasteiger partial charge in [-0.2, -0.15) is 13.2 Å². The number of halogens is 3. The standard InChI is InChI=1S/C18H13F3N2S/c1-11-14(12-6-8-13(9-7-12)18(19,20)21)10-23-15-4-2-3-5-16(15)24-17(23)22-11/h2-9H,10H2,1H3. The first kappa shape index (κ1) is 15.3.